The minimum absolute atomic E-state index is 0.107. The second-order valence-corrected chi connectivity index (χ2v) is 7.30. The van der Waals surface area contributed by atoms with E-state index in [4.69, 9.17) is 11.6 Å². The summed E-state index contributed by atoms with van der Waals surface area (Å²) < 4.78 is 1.12. The van der Waals surface area contributed by atoms with Crippen LogP contribution in [0.3, 0.4) is 0 Å². The van der Waals surface area contributed by atoms with Gasteiger partial charge in [-0.05, 0) is 59.0 Å². The van der Waals surface area contributed by atoms with Crippen molar-refractivity contribution in [3.8, 4) is 11.3 Å². The van der Waals surface area contributed by atoms with Crippen LogP contribution in [0, 0.1) is 3.57 Å². The number of benzene rings is 2. The number of carbonyl (C=O) groups excluding carboxylic acids is 1. The van der Waals surface area contributed by atoms with E-state index in [-0.39, 0.29) is 12.3 Å². The molecule has 7 heteroatoms. The molecule has 2 N–H and O–H groups in total. The van der Waals surface area contributed by atoms with Crippen LogP contribution in [0.2, 0.25) is 5.02 Å². The summed E-state index contributed by atoms with van der Waals surface area (Å²) in [5, 5.41) is 6.65. The minimum atomic E-state index is -0.107. The highest BCUT2D eigenvalue weighted by atomic mass is 127. The molecule has 5 nitrogen and oxygen atoms in total. The van der Waals surface area contributed by atoms with E-state index < -0.39 is 0 Å². The number of fused-ring (bicyclic) bond motifs is 3. The number of anilines is 3. The second kappa shape index (κ2) is 6.61. The van der Waals surface area contributed by atoms with Crippen LogP contribution in [0.15, 0.2) is 48.7 Å². The van der Waals surface area contributed by atoms with E-state index in [1.54, 1.807) is 18.3 Å². The van der Waals surface area contributed by atoms with E-state index in [1.165, 1.54) is 0 Å². The van der Waals surface area contributed by atoms with Gasteiger partial charge in [0, 0.05) is 31.6 Å². The Balaban J connectivity index is 1.79. The third-order valence-electron chi connectivity index (χ3n) is 3.81. The number of nitrogens with zero attached hydrogens (tertiary/aromatic N) is 2. The molecule has 2 aromatic carbocycles. The van der Waals surface area contributed by atoms with E-state index in [2.05, 4.69) is 43.2 Å². The molecule has 0 radical (unpaired) electrons. The molecule has 4 rings (SSSR count). The fraction of sp³-hybridized carbons (Fsp3) is 0.0556. The number of amides is 1. The molecule has 0 unspecified atom stereocenters. The summed E-state index contributed by atoms with van der Waals surface area (Å²) in [5.41, 5.74) is 3.92. The summed E-state index contributed by atoms with van der Waals surface area (Å²) in [6.45, 7) is 0. The lowest BCUT2D eigenvalue weighted by atomic mass is 10.1. The number of halogens is 2. The van der Waals surface area contributed by atoms with E-state index in [1.807, 2.05) is 30.3 Å². The van der Waals surface area contributed by atoms with Crippen LogP contribution in [-0.4, -0.2) is 15.9 Å². The highest BCUT2D eigenvalue weighted by Gasteiger charge is 2.21. The second-order valence-electron chi connectivity index (χ2n) is 5.62. The molecule has 1 aliphatic heterocycles. The van der Waals surface area contributed by atoms with Crippen molar-refractivity contribution in [2.24, 2.45) is 0 Å². The first-order chi connectivity index (χ1) is 12.1. The first kappa shape index (κ1) is 16.3. The Morgan fingerprint density at radius 1 is 1.20 bits per heavy atom. The largest absolute Gasteiger partial charge is 0.325 e. The Morgan fingerprint density at radius 3 is 2.92 bits per heavy atom. The lowest BCUT2D eigenvalue weighted by Gasteiger charge is -2.11. The van der Waals surface area contributed by atoms with Crippen LogP contribution < -0.4 is 10.6 Å². The molecule has 2 heterocycles. The van der Waals surface area contributed by atoms with Crippen molar-refractivity contribution in [3.63, 3.8) is 0 Å². The first-order valence-electron chi connectivity index (χ1n) is 7.57. The summed E-state index contributed by atoms with van der Waals surface area (Å²) in [4.78, 5) is 21.1. The summed E-state index contributed by atoms with van der Waals surface area (Å²) >= 11 is 8.32. The van der Waals surface area contributed by atoms with Gasteiger partial charge in [0.25, 0.3) is 0 Å². The van der Waals surface area contributed by atoms with Gasteiger partial charge in [-0.2, -0.15) is 0 Å². The maximum Gasteiger partial charge on any atom is 0.228 e. The quantitative estimate of drug-likeness (QED) is 0.545. The Kier molecular flexibility index (Phi) is 4.30. The molecule has 1 aromatic heterocycles. The molecule has 3 aromatic rings. The molecule has 0 spiro atoms. The highest BCUT2D eigenvalue weighted by molar-refractivity contribution is 14.1. The lowest BCUT2D eigenvalue weighted by Crippen LogP contribution is -2.12. The zero-order valence-corrected chi connectivity index (χ0v) is 15.8. The molecule has 0 fully saturated rings. The average molecular weight is 463 g/mol. The van der Waals surface area contributed by atoms with E-state index >= 15 is 0 Å². The number of rotatable bonds is 2. The zero-order valence-electron chi connectivity index (χ0n) is 12.9. The third-order valence-corrected chi connectivity index (χ3v) is 4.71. The van der Waals surface area contributed by atoms with Gasteiger partial charge in [0.2, 0.25) is 11.9 Å². The molecular formula is C18H12ClIN4O. The number of carbonyl (C=O) groups is 1. The maximum absolute atomic E-state index is 12.1. The summed E-state index contributed by atoms with van der Waals surface area (Å²) in [5.74, 6) is 0.375. The van der Waals surface area contributed by atoms with Gasteiger partial charge in [0.15, 0.2) is 0 Å². The summed E-state index contributed by atoms with van der Waals surface area (Å²) in [7, 11) is 0. The Bertz CT molecular complexity index is 993. The number of nitrogens with one attached hydrogen (secondary N) is 2. The molecule has 0 saturated heterocycles. The van der Waals surface area contributed by atoms with Crippen molar-refractivity contribution in [1.82, 2.24) is 9.97 Å². The van der Waals surface area contributed by atoms with Gasteiger partial charge >= 0.3 is 0 Å². The molecule has 1 amide bonds. The predicted octanol–water partition coefficient (Wildman–Crippen LogP) is 4.64. The molecule has 0 bridgehead atoms. The number of hydrogen-bond donors (Lipinski definition) is 2. The number of hydrogen-bond acceptors (Lipinski definition) is 4. The fourth-order valence-electron chi connectivity index (χ4n) is 2.72. The Morgan fingerprint density at radius 2 is 2.08 bits per heavy atom. The van der Waals surface area contributed by atoms with Gasteiger partial charge in [0.05, 0.1) is 17.8 Å². The predicted molar refractivity (Wildman–Crippen MR) is 107 cm³/mol. The van der Waals surface area contributed by atoms with Gasteiger partial charge in [0.1, 0.15) is 0 Å². The molecule has 0 atom stereocenters. The standard InChI is InChI=1S/C18H12ClIN4O/c19-11-4-5-14-15(7-11)23-16(25)6-10-9-21-18(24-17(10)14)22-13-3-1-2-12(20)8-13/h1-5,7-9H,6H2,(H,23,25)(H,21,22,24). The van der Waals surface area contributed by atoms with Crippen molar-refractivity contribution in [2.45, 2.75) is 6.42 Å². The molecule has 0 saturated carbocycles. The highest BCUT2D eigenvalue weighted by Crippen LogP contribution is 2.34. The third kappa shape index (κ3) is 3.45. The Labute approximate surface area is 163 Å². The van der Waals surface area contributed by atoms with E-state index in [0.717, 1.165) is 26.1 Å². The van der Waals surface area contributed by atoms with Crippen molar-refractivity contribution in [3.05, 3.63) is 62.8 Å². The van der Waals surface area contributed by atoms with Crippen LogP contribution >= 0.6 is 34.2 Å². The molecular weight excluding hydrogens is 451 g/mol. The normalized spacial score (nSPS) is 12.6. The van der Waals surface area contributed by atoms with Gasteiger partial charge in [-0.1, -0.05) is 17.7 Å². The van der Waals surface area contributed by atoms with Gasteiger partial charge in [-0.25, -0.2) is 9.97 Å². The summed E-state index contributed by atoms with van der Waals surface area (Å²) in [6.07, 6.45) is 1.92. The maximum atomic E-state index is 12.1. The average Bonchev–Trinajstić information content (AvgIpc) is 2.69. The van der Waals surface area contributed by atoms with Crippen LogP contribution in [0.4, 0.5) is 17.3 Å². The van der Waals surface area contributed by atoms with Crippen molar-refractivity contribution >= 4 is 57.4 Å². The van der Waals surface area contributed by atoms with Crippen LogP contribution in [0.25, 0.3) is 11.3 Å². The topological polar surface area (TPSA) is 66.9 Å². The van der Waals surface area contributed by atoms with Crippen molar-refractivity contribution < 1.29 is 4.79 Å². The molecule has 1 aliphatic rings. The molecule has 25 heavy (non-hydrogen) atoms. The number of aromatic nitrogens is 2. The lowest BCUT2D eigenvalue weighted by molar-refractivity contribution is -0.115. The fourth-order valence-corrected chi connectivity index (χ4v) is 3.43. The van der Waals surface area contributed by atoms with Gasteiger partial charge < -0.3 is 10.6 Å². The van der Waals surface area contributed by atoms with Gasteiger partial charge in [-0.15, -0.1) is 0 Å². The minimum Gasteiger partial charge on any atom is -0.325 e. The van der Waals surface area contributed by atoms with Crippen molar-refractivity contribution in [2.75, 3.05) is 10.6 Å². The zero-order chi connectivity index (χ0) is 17.4. The Hall–Kier alpha value is -2.19. The molecule has 0 aliphatic carbocycles. The van der Waals surface area contributed by atoms with E-state index in [0.29, 0.717) is 16.7 Å². The molecule has 124 valence electrons. The smallest absolute Gasteiger partial charge is 0.228 e. The summed E-state index contributed by atoms with van der Waals surface area (Å²) in [6, 6.07) is 13.3. The first-order valence-corrected chi connectivity index (χ1v) is 9.02. The monoisotopic (exact) mass is 462 g/mol. The van der Waals surface area contributed by atoms with Crippen LogP contribution in [0.1, 0.15) is 5.56 Å². The SMILES string of the molecule is O=C1Cc2cnc(Nc3cccc(I)c3)nc2-c2ccc(Cl)cc2N1. The van der Waals surface area contributed by atoms with E-state index in [9.17, 15) is 4.79 Å². The van der Waals surface area contributed by atoms with Gasteiger partial charge in [-0.3, -0.25) is 4.79 Å². The van der Waals surface area contributed by atoms with Crippen molar-refractivity contribution in [1.29, 1.82) is 0 Å². The van der Waals surface area contributed by atoms with Crippen LogP contribution in [0.5, 0.6) is 0 Å². The van der Waals surface area contributed by atoms with Crippen LogP contribution in [-0.2, 0) is 11.2 Å².